The summed E-state index contributed by atoms with van der Waals surface area (Å²) in [5.41, 5.74) is 0. The Balaban J connectivity index is 1.84. The van der Waals surface area contributed by atoms with Crippen LogP contribution in [-0.2, 0) is 23.7 Å². The van der Waals surface area contributed by atoms with Crippen LogP contribution in [0, 0.1) is 0 Å². The van der Waals surface area contributed by atoms with Crippen LogP contribution < -0.4 is 5.32 Å². The number of rotatable bonds is 38. The zero-order valence-corrected chi connectivity index (χ0v) is 40.0. The summed E-state index contributed by atoms with van der Waals surface area (Å²) in [5, 5.41) is 86.6. The summed E-state index contributed by atoms with van der Waals surface area (Å²) < 4.78 is 22.6. The molecule has 12 unspecified atom stereocenters. The van der Waals surface area contributed by atoms with Gasteiger partial charge in [-0.05, 0) is 64.2 Å². The predicted octanol–water partition coefficient (Wildman–Crippen LogP) is 6.49. The Bertz CT molecular complexity index is 1280. The third kappa shape index (κ3) is 25.2. The Morgan fingerprint density at radius 1 is 0.538 bits per heavy atom. The second-order valence-electron chi connectivity index (χ2n) is 17.9. The van der Waals surface area contributed by atoms with E-state index < -0.39 is 86.8 Å². The van der Waals surface area contributed by atoms with Crippen LogP contribution in [0.3, 0.4) is 0 Å². The summed E-state index contributed by atoms with van der Waals surface area (Å²) in [7, 11) is 0. The minimum atomic E-state index is -1.79. The van der Waals surface area contributed by atoms with Crippen molar-refractivity contribution in [2.45, 2.75) is 248 Å². The molecule has 0 aromatic heterocycles. The van der Waals surface area contributed by atoms with E-state index in [2.05, 4.69) is 55.6 Å². The molecule has 14 nitrogen and oxygen atoms in total. The zero-order chi connectivity index (χ0) is 47.5. The molecule has 14 heteroatoms. The topological polar surface area (TPSA) is 228 Å². The van der Waals surface area contributed by atoms with Gasteiger partial charge in [0.1, 0.15) is 48.8 Å². The van der Waals surface area contributed by atoms with E-state index in [1.165, 1.54) is 96.3 Å². The molecule has 0 saturated carbocycles. The molecule has 12 atom stereocenters. The second kappa shape index (κ2) is 37.9. The van der Waals surface area contributed by atoms with Crippen LogP contribution in [0.1, 0.15) is 174 Å². The quantitative estimate of drug-likeness (QED) is 0.0239. The number of carbonyl (C=O) groups excluding carboxylic acids is 1. The van der Waals surface area contributed by atoms with Crippen molar-refractivity contribution in [1.82, 2.24) is 5.32 Å². The van der Waals surface area contributed by atoms with E-state index >= 15 is 0 Å². The van der Waals surface area contributed by atoms with Crippen molar-refractivity contribution < 1.29 is 64.6 Å². The first-order valence-electron chi connectivity index (χ1n) is 25.4. The van der Waals surface area contributed by atoms with E-state index in [0.29, 0.717) is 12.8 Å². The Labute approximate surface area is 391 Å². The van der Waals surface area contributed by atoms with Gasteiger partial charge in [0, 0.05) is 6.42 Å². The Morgan fingerprint density at radius 3 is 1.55 bits per heavy atom. The largest absolute Gasteiger partial charge is 0.394 e. The number of ether oxygens (including phenoxy) is 4. The number of unbranched alkanes of at least 4 members (excludes halogenated alkanes) is 19. The van der Waals surface area contributed by atoms with Crippen molar-refractivity contribution in [3.8, 4) is 0 Å². The number of hydrogen-bond acceptors (Lipinski definition) is 13. The molecular weight excluding hydrogens is 835 g/mol. The lowest BCUT2D eigenvalue weighted by atomic mass is 9.97. The summed E-state index contributed by atoms with van der Waals surface area (Å²) in [6.07, 6.45) is 27.3. The molecule has 1 amide bonds. The van der Waals surface area contributed by atoms with E-state index in [1.807, 2.05) is 6.08 Å². The number of hydrogen-bond donors (Lipinski definition) is 9. The molecular formula is C51H91NO13. The number of allylic oxidation sites excluding steroid dienone is 7. The first-order chi connectivity index (χ1) is 31.6. The normalized spacial score (nSPS) is 27.4. The molecule has 0 aromatic rings. The smallest absolute Gasteiger partial charge is 0.220 e. The molecule has 0 bridgehead atoms. The molecule has 2 rings (SSSR count). The number of carbonyl (C=O) groups is 1. The highest BCUT2D eigenvalue weighted by Crippen LogP contribution is 2.30. The SMILES string of the molecule is CCCC/C=C/CC/C=C/CC/C=C/C(O)C(COC1OC(CO)C(OC2OC(CO)C(O)C(O)C2O)C(O)C1O)NC(=O)CCCCCCCCCCC/C=C\CCCCCCCC. The fraction of sp³-hybridized carbons (Fsp3) is 0.824. The summed E-state index contributed by atoms with van der Waals surface area (Å²) in [4.78, 5) is 13.2. The highest BCUT2D eigenvalue weighted by Gasteiger charge is 2.51. The minimum absolute atomic E-state index is 0.259. The van der Waals surface area contributed by atoms with Crippen molar-refractivity contribution in [2.75, 3.05) is 19.8 Å². The second-order valence-corrected chi connectivity index (χ2v) is 17.9. The van der Waals surface area contributed by atoms with Gasteiger partial charge >= 0.3 is 0 Å². The first-order valence-corrected chi connectivity index (χ1v) is 25.4. The highest BCUT2D eigenvalue weighted by molar-refractivity contribution is 5.76. The first kappa shape index (κ1) is 59.1. The monoisotopic (exact) mass is 926 g/mol. The Kier molecular flexibility index (Phi) is 34.4. The van der Waals surface area contributed by atoms with Crippen molar-refractivity contribution in [3.63, 3.8) is 0 Å². The highest BCUT2D eigenvalue weighted by atomic mass is 16.7. The van der Waals surface area contributed by atoms with Gasteiger partial charge in [-0.15, -0.1) is 0 Å². The van der Waals surface area contributed by atoms with E-state index in [0.717, 1.165) is 44.9 Å². The lowest BCUT2D eigenvalue weighted by molar-refractivity contribution is -0.359. The average molecular weight is 926 g/mol. The van der Waals surface area contributed by atoms with E-state index in [9.17, 15) is 45.6 Å². The molecule has 2 aliphatic rings. The molecule has 65 heavy (non-hydrogen) atoms. The molecule has 0 radical (unpaired) electrons. The van der Waals surface area contributed by atoms with Crippen LogP contribution >= 0.6 is 0 Å². The van der Waals surface area contributed by atoms with Crippen LogP contribution in [0.15, 0.2) is 48.6 Å². The van der Waals surface area contributed by atoms with Crippen LogP contribution in [0.2, 0.25) is 0 Å². The van der Waals surface area contributed by atoms with Crippen molar-refractivity contribution in [3.05, 3.63) is 48.6 Å². The molecule has 378 valence electrons. The van der Waals surface area contributed by atoms with E-state index in [1.54, 1.807) is 6.08 Å². The third-order valence-corrected chi connectivity index (χ3v) is 12.2. The van der Waals surface area contributed by atoms with Gasteiger partial charge in [0.05, 0.1) is 32.0 Å². The van der Waals surface area contributed by atoms with Crippen molar-refractivity contribution in [1.29, 1.82) is 0 Å². The van der Waals surface area contributed by atoms with Gasteiger partial charge in [0.25, 0.3) is 0 Å². The molecule has 2 aliphatic heterocycles. The molecule has 9 N–H and O–H groups in total. The Hall–Kier alpha value is -2.05. The number of aliphatic hydroxyl groups excluding tert-OH is 8. The lowest BCUT2D eigenvalue weighted by Gasteiger charge is -2.46. The van der Waals surface area contributed by atoms with Gasteiger partial charge in [-0.25, -0.2) is 0 Å². The summed E-state index contributed by atoms with van der Waals surface area (Å²) in [5.74, 6) is -0.259. The number of nitrogens with one attached hydrogen (secondary N) is 1. The number of aliphatic hydroxyl groups is 8. The Morgan fingerprint density at radius 2 is 1.00 bits per heavy atom. The third-order valence-electron chi connectivity index (χ3n) is 12.2. The zero-order valence-electron chi connectivity index (χ0n) is 40.0. The molecule has 2 fully saturated rings. The van der Waals surface area contributed by atoms with Crippen LogP contribution in [0.25, 0.3) is 0 Å². The van der Waals surface area contributed by atoms with Gasteiger partial charge in [-0.2, -0.15) is 0 Å². The standard InChI is InChI=1S/C51H91NO13/c1-3-5-7-9-11-13-15-17-18-19-20-21-22-23-25-27-29-31-33-35-43(56)52-39(40(55)34-32-30-28-26-24-16-14-12-10-8-6-4-2)38-62-50-48(61)46(59)49(42(37-54)64-50)65-51-47(60)45(58)44(57)41(36-53)63-51/h10,12,17-18,24,26,32,34,39-42,44-51,53-55,57-61H,3-9,11,13-16,19-23,25,27-31,33,35-38H2,1-2H3,(H,52,56)/b12-10+,18-17-,26-24+,34-32+. The number of amides is 1. The fourth-order valence-corrected chi connectivity index (χ4v) is 8.01. The summed E-state index contributed by atoms with van der Waals surface area (Å²) >= 11 is 0. The maximum absolute atomic E-state index is 13.2. The molecule has 2 heterocycles. The lowest BCUT2D eigenvalue weighted by Crippen LogP contribution is -2.65. The molecule has 0 spiro atoms. The van der Waals surface area contributed by atoms with Crippen molar-refractivity contribution >= 4 is 5.91 Å². The fourth-order valence-electron chi connectivity index (χ4n) is 8.01. The molecule has 2 saturated heterocycles. The van der Waals surface area contributed by atoms with Crippen LogP contribution in [0.4, 0.5) is 0 Å². The van der Waals surface area contributed by atoms with E-state index in [4.69, 9.17) is 18.9 Å². The maximum Gasteiger partial charge on any atom is 0.220 e. The molecule has 0 aliphatic carbocycles. The van der Waals surface area contributed by atoms with Crippen molar-refractivity contribution in [2.24, 2.45) is 0 Å². The van der Waals surface area contributed by atoms with Crippen LogP contribution in [0.5, 0.6) is 0 Å². The molecule has 0 aromatic carbocycles. The summed E-state index contributed by atoms with van der Waals surface area (Å²) in [6.45, 7) is 2.69. The predicted molar refractivity (Wildman–Crippen MR) is 254 cm³/mol. The van der Waals surface area contributed by atoms with Crippen LogP contribution in [-0.4, -0.2) is 140 Å². The van der Waals surface area contributed by atoms with Gasteiger partial charge in [0.2, 0.25) is 5.91 Å². The van der Waals surface area contributed by atoms with Gasteiger partial charge in [-0.1, -0.05) is 152 Å². The minimum Gasteiger partial charge on any atom is -0.394 e. The van der Waals surface area contributed by atoms with Gasteiger partial charge in [0.15, 0.2) is 12.6 Å². The van der Waals surface area contributed by atoms with Gasteiger partial charge in [-0.3, -0.25) is 4.79 Å². The van der Waals surface area contributed by atoms with E-state index in [-0.39, 0.29) is 18.9 Å². The van der Waals surface area contributed by atoms with Gasteiger partial charge < -0.3 is 65.1 Å². The maximum atomic E-state index is 13.2. The average Bonchev–Trinajstić information content (AvgIpc) is 3.30. The summed E-state index contributed by atoms with van der Waals surface area (Å²) in [6, 6.07) is -0.937.